The zero-order valence-electron chi connectivity index (χ0n) is 11.1. The Hall–Kier alpha value is -1.36. The summed E-state index contributed by atoms with van der Waals surface area (Å²) in [7, 11) is 0. The fraction of sp³-hybridized carbons (Fsp3) is 0.692. The summed E-state index contributed by atoms with van der Waals surface area (Å²) in [6, 6.07) is 0.728. The molecule has 2 heterocycles. The third-order valence-corrected chi connectivity index (χ3v) is 3.61. The van der Waals surface area contributed by atoms with E-state index in [0.717, 1.165) is 25.9 Å². The van der Waals surface area contributed by atoms with Gasteiger partial charge in [0.25, 0.3) is 5.56 Å². The third-order valence-electron chi connectivity index (χ3n) is 3.61. The first-order valence-corrected chi connectivity index (χ1v) is 6.77. The lowest BCUT2D eigenvalue weighted by Crippen LogP contribution is -2.52. The lowest BCUT2D eigenvalue weighted by atomic mass is 9.96. The van der Waals surface area contributed by atoms with E-state index in [-0.39, 0.29) is 5.56 Å². The first-order chi connectivity index (χ1) is 8.74. The molecule has 2 rings (SSSR count). The van der Waals surface area contributed by atoms with Crippen LogP contribution < -0.4 is 15.8 Å². The maximum absolute atomic E-state index is 11.9. The Bertz CT molecular complexity index is 431. The molecule has 2 N–H and O–H groups in total. The van der Waals surface area contributed by atoms with Gasteiger partial charge >= 0.3 is 0 Å². The zero-order valence-corrected chi connectivity index (χ0v) is 11.1. The van der Waals surface area contributed by atoms with E-state index in [1.807, 2.05) is 0 Å². The van der Waals surface area contributed by atoms with Gasteiger partial charge in [-0.15, -0.1) is 0 Å². The average molecular weight is 250 g/mol. The number of nitrogens with one attached hydrogen (secondary N) is 2. The molecule has 1 aromatic rings. The van der Waals surface area contributed by atoms with Gasteiger partial charge in [0.15, 0.2) is 5.82 Å². The van der Waals surface area contributed by atoms with Crippen molar-refractivity contribution >= 4 is 5.82 Å². The number of anilines is 1. The second-order valence-electron chi connectivity index (χ2n) is 4.84. The van der Waals surface area contributed by atoms with E-state index < -0.39 is 0 Å². The molecular formula is C13H22N4O. The van der Waals surface area contributed by atoms with E-state index in [1.54, 1.807) is 12.4 Å². The average Bonchev–Trinajstić information content (AvgIpc) is 2.40. The maximum Gasteiger partial charge on any atom is 0.290 e. The van der Waals surface area contributed by atoms with Crippen LogP contribution in [0.5, 0.6) is 0 Å². The summed E-state index contributed by atoms with van der Waals surface area (Å²) in [6.45, 7) is 6.16. The highest BCUT2D eigenvalue weighted by Gasteiger charge is 2.29. The summed E-state index contributed by atoms with van der Waals surface area (Å²) in [6.07, 6.45) is 6.70. The van der Waals surface area contributed by atoms with Gasteiger partial charge in [-0.25, -0.2) is 4.98 Å². The summed E-state index contributed by atoms with van der Waals surface area (Å²) < 4.78 is 0. The first kappa shape index (κ1) is 13.1. The van der Waals surface area contributed by atoms with Crippen molar-refractivity contribution in [2.75, 3.05) is 18.0 Å². The van der Waals surface area contributed by atoms with Gasteiger partial charge in [0.1, 0.15) is 0 Å². The van der Waals surface area contributed by atoms with Crippen LogP contribution in [0.15, 0.2) is 17.2 Å². The molecule has 100 valence electrons. The smallest absolute Gasteiger partial charge is 0.290 e. The van der Waals surface area contributed by atoms with Gasteiger partial charge in [-0.1, -0.05) is 6.92 Å². The lowest BCUT2D eigenvalue weighted by Gasteiger charge is -2.39. The molecular weight excluding hydrogens is 228 g/mol. The first-order valence-electron chi connectivity index (χ1n) is 6.77. The van der Waals surface area contributed by atoms with Crippen molar-refractivity contribution in [3.05, 3.63) is 22.7 Å². The molecule has 0 aliphatic carbocycles. The molecule has 18 heavy (non-hydrogen) atoms. The van der Waals surface area contributed by atoms with Crippen LogP contribution in [-0.2, 0) is 0 Å². The minimum Gasteiger partial charge on any atom is -0.347 e. The monoisotopic (exact) mass is 250 g/mol. The van der Waals surface area contributed by atoms with Crippen molar-refractivity contribution in [1.29, 1.82) is 0 Å². The minimum atomic E-state index is -0.0897. The van der Waals surface area contributed by atoms with E-state index in [4.69, 9.17) is 0 Å². The number of hydrogen-bond acceptors (Lipinski definition) is 4. The summed E-state index contributed by atoms with van der Waals surface area (Å²) in [5.41, 5.74) is -0.0897. The fourth-order valence-corrected chi connectivity index (χ4v) is 2.75. The summed E-state index contributed by atoms with van der Waals surface area (Å²) >= 11 is 0. The van der Waals surface area contributed by atoms with Gasteiger partial charge in [0, 0.05) is 31.0 Å². The van der Waals surface area contributed by atoms with E-state index >= 15 is 0 Å². The van der Waals surface area contributed by atoms with E-state index in [0.29, 0.717) is 17.9 Å². The molecule has 0 aromatic carbocycles. The number of H-pyrrole nitrogens is 1. The van der Waals surface area contributed by atoms with Crippen molar-refractivity contribution in [2.45, 2.75) is 45.2 Å². The maximum atomic E-state index is 11.9. The SMILES string of the molecule is CCNC(C)C1CCCCN1c1ncc[nH]c1=O. The van der Waals surface area contributed by atoms with Crippen LogP contribution in [0.25, 0.3) is 0 Å². The number of rotatable bonds is 4. The topological polar surface area (TPSA) is 61.0 Å². The van der Waals surface area contributed by atoms with Crippen molar-refractivity contribution in [1.82, 2.24) is 15.3 Å². The molecule has 0 amide bonds. The Morgan fingerprint density at radius 1 is 1.61 bits per heavy atom. The third kappa shape index (κ3) is 2.72. The van der Waals surface area contributed by atoms with Crippen molar-refractivity contribution in [3.63, 3.8) is 0 Å². The summed E-state index contributed by atoms with van der Waals surface area (Å²) in [5.74, 6) is 0.562. The largest absolute Gasteiger partial charge is 0.347 e. The van der Waals surface area contributed by atoms with Gasteiger partial charge < -0.3 is 15.2 Å². The van der Waals surface area contributed by atoms with Crippen LogP contribution in [-0.4, -0.2) is 35.1 Å². The second kappa shape index (κ2) is 6.00. The van der Waals surface area contributed by atoms with Crippen LogP contribution in [0.3, 0.4) is 0 Å². The Labute approximate surface area is 108 Å². The number of likely N-dealkylation sites (N-methyl/N-ethyl adjacent to an activating group) is 1. The highest BCUT2D eigenvalue weighted by molar-refractivity contribution is 5.38. The molecule has 2 unspecified atom stereocenters. The Balaban J connectivity index is 2.23. The molecule has 0 saturated carbocycles. The van der Waals surface area contributed by atoms with Crippen LogP contribution in [0, 0.1) is 0 Å². The Kier molecular flexibility index (Phi) is 4.36. The quantitative estimate of drug-likeness (QED) is 0.841. The molecule has 1 aromatic heterocycles. The predicted octanol–water partition coefficient (Wildman–Crippen LogP) is 1.13. The van der Waals surface area contributed by atoms with Gasteiger partial charge in [0.2, 0.25) is 0 Å². The van der Waals surface area contributed by atoms with Gasteiger partial charge in [-0.3, -0.25) is 4.79 Å². The van der Waals surface area contributed by atoms with Crippen molar-refractivity contribution in [3.8, 4) is 0 Å². The van der Waals surface area contributed by atoms with E-state index in [1.165, 1.54) is 6.42 Å². The molecule has 5 heteroatoms. The Morgan fingerprint density at radius 2 is 2.44 bits per heavy atom. The van der Waals surface area contributed by atoms with Crippen LogP contribution >= 0.6 is 0 Å². The number of nitrogens with zero attached hydrogens (tertiary/aromatic N) is 2. The fourth-order valence-electron chi connectivity index (χ4n) is 2.75. The molecule has 1 aliphatic rings. The highest BCUT2D eigenvalue weighted by Crippen LogP contribution is 2.22. The zero-order chi connectivity index (χ0) is 13.0. The molecule has 0 spiro atoms. The van der Waals surface area contributed by atoms with Crippen molar-refractivity contribution < 1.29 is 0 Å². The second-order valence-corrected chi connectivity index (χ2v) is 4.84. The molecule has 2 atom stereocenters. The minimum absolute atomic E-state index is 0.0897. The summed E-state index contributed by atoms with van der Waals surface area (Å²) in [4.78, 5) is 21.0. The highest BCUT2D eigenvalue weighted by atomic mass is 16.1. The predicted molar refractivity (Wildman–Crippen MR) is 73.0 cm³/mol. The van der Waals surface area contributed by atoms with Crippen LogP contribution in [0.1, 0.15) is 33.1 Å². The number of aromatic nitrogens is 2. The molecule has 0 radical (unpaired) electrons. The Morgan fingerprint density at radius 3 is 3.17 bits per heavy atom. The lowest BCUT2D eigenvalue weighted by molar-refractivity contribution is 0.369. The summed E-state index contributed by atoms with van der Waals surface area (Å²) in [5, 5.41) is 3.45. The van der Waals surface area contributed by atoms with E-state index in [2.05, 4.69) is 34.0 Å². The van der Waals surface area contributed by atoms with Gasteiger partial charge in [-0.05, 0) is 32.7 Å². The number of hydrogen-bond donors (Lipinski definition) is 2. The van der Waals surface area contributed by atoms with Crippen molar-refractivity contribution in [2.24, 2.45) is 0 Å². The standard InChI is InChI=1S/C13H22N4O/c1-3-14-10(2)11-6-4-5-9-17(11)12-13(18)16-8-7-15-12/h7-8,10-11,14H,3-6,9H2,1-2H3,(H,16,18). The van der Waals surface area contributed by atoms with Crippen LogP contribution in [0.4, 0.5) is 5.82 Å². The molecule has 5 nitrogen and oxygen atoms in total. The van der Waals surface area contributed by atoms with Gasteiger partial charge in [0.05, 0.1) is 0 Å². The van der Waals surface area contributed by atoms with Gasteiger partial charge in [-0.2, -0.15) is 0 Å². The van der Waals surface area contributed by atoms with Crippen LogP contribution in [0.2, 0.25) is 0 Å². The number of aromatic amines is 1. The number of piperidine rings is 1. The molecule has 1 saturated heterocycles. The molecule has 1 fully saturated rings. The molecule has 0 bridgehead atoms. The normalized spacial score (nSPS) is 21.9. The van der Waals surface area contributed by atoms with E-state index in [9.17, 15) is 4.79 Å². The molecule has 1 aliphatic heterocycles.